The fraction of sp³-hybridized carbons (Fsp3) is 0.235. The summed E-state index contributed by atoms with van der Waals surface area (Å²) in [4.78, 5) is 12.4. The Labute approximate surface area is 152 Å². The van der Waals surface area contributed by atoms with Crippen molar-refractivity contribution in [3.63, 3.8) is 0 Å². The topological polar surface area (TPSA) is 84.5 Å². The third-order valence-electron chi connectivity index (χ3n) is 3.49. The molecule has 0 radical (unpaired) electrons. The number of nitrogens with one attached hydrogen (secondary N) is 2. The summed E-state index contributed by atoms with van der Waals surface area (Å²) in [5.74, 6) is 0.430. The molecule has 0 fully saturated rings. The Morgan fingerprint density at radius 1 is 1.16 bits per heavy atom. The maximum Gasteiger partial charge on any atom is 0.251 e. The Kier molecular flexibility index (Phi) is 5.92. The van der Waals surface area contributed by atoms with E-state index in [1.54, 1.807) is 7.11 Å². The molecule has 25 heavy (non-hydrogen) atoms. The molecule has 2 aromatic rings. The minimum absolute atomic E-state index is 0.148. The van der Waals surface area contributed by atoms with Gasteiger partial charge in [-0.1, -0.05) is 23.7 Å². The lowest BCUT2D eigenvalue weighted by atomic mass is 10.1. The number of anilines is 1. The molecule has 8 heteroatoms. The third-order valence-corrected chi connectivity index (χ3v) is 4.39. The first-order valence-electron chi connectivity index (χ1n) is 7.42. The lowest BCUT2D eigenvalue weighted by Crippen LogP contribution is -2.26. The van der Waals surface area contributed by atoms with E-state index in [0.717, 1.165) is 17.6 Å². The van der Waals surface area contributed by atoms with E-state index in [-0.39, 0.29) is 22.7 Å². The zero-order chi connectivity index (χ0) is 18.6. The molecule has 0 bridgehead atoms. The Bertz CT molecular complexity index is 867. The van der Waals surface area contributed by atoms with Gasteiger partial charge in [-0.2, -0.15) is 0 Å². The van der Waals surface area contributed by atoms with Crippen LogP contribution in [0.4, 0.5) is 5.69 Å². The van der Waals surface area contributed by atoms with Crippen LogP contribution in [0.2, 0.25) is 5.02 Å². The van der Waals surface area contributed by atoms with Gasteiger partial charge < -0.3 is 10.1 Å². The van der Waals surface area contributed by atoms with Gasteiger partial charge in [-0.05, 0) is 42.8 Å². The number of carbonyl (C=O) groups excluding carboxylic acids is 1. The lowest BCUT2D eigenvalue weighted by Gasteiger charge is -2.15. The summed E-state index contributed by atoms with van der Waals surface area (Å²) in [5.41, 5.74) is 1.49. The fourth-order valence-electron chi connectivity index (χ4n) is 2.19. The number of rotatable bonds is 6. The first-order chi connectivity index (χ1) is 11.7. The maximum absolute atomic E-state index is 12.4. The van der Waals surface area contributed by atoms with Crippen molar-refractivity contribution in [2.75, 3.05) is 18.1 Å². The molecule has 0 spiro atoms. The number of carbonyl (C=O) groups is 1. The van der Waals surface area contributed by atoms with Gasteiger partial charge in [0.05, 0.1) is 30.1 Å². The number of sulfonamides is 1. The first-order valence-corrected chi connectivity index (χ1v) is 9.68. The van der Waals surface area contributed by atoms with Crippen LogP contribution < -0.4 is 14.8 Å². The molecular weight excluding hydrogens is 364 g/mol. The van der Waals surface area contributed by atoms with Crippen LogP contribution in [-0.2, 0) is 10.0 Å². The van der Waals surface area contributed by atoms with E-state index < -0.39 is 10.0 Å². The van der Waals surface area contributed by atoms with Crippen molar-refractivity contribution >= 4 is 33.2 Å². The standard InChI is InChI=1S/C17H19ClN2O4S/c1-11(12-4-7-14(24-2)8-5-12)19-17(21)13-6-9-16(15(18)10-13)20-25(3,22)23/h4-11,20H,1-3H3,(H,19,21). The minimum atomic E-state index is -3.44. The molecule has 0 heterocycles. The molecule has 2 N–H and O–H groups in total. The summed E-state index contributed by atoms with van der Waals surface area (Å²) in [6.45, 7) is 1.86. The predicted octanol–water partition coefficient (Wildman–Crippen LogP) is 3.21. The molecule has 2 rings (SSSR count). The fourth-order valence-corrected chi connectivity index (χ4v) is 3.06. The van der Waals surface area contributed by atoms with E-state index in [4.69, 9.17) is 16.3 Å². The molecule has 0 aliphatic rings. The lowest BCUT2D eigenvalue weighted by molar-refractivity contribution is 0.0940. The summed E-state index contributed by atoms with van der Waals surface area (Å²) in [6.07, 6.45) is 1.03. The van der Waals surface area contributed by atoms with Crippen LogP contribution in [0.15, 0.2) is 42.5 Å². The number of halogens is 1. The van der Waals surface area contributed by atoms with Gasteiger partial charge in [0.25, 0.3) is 5.91 Å². The van der Waals surface area contributed by atoms with Crippen molar-refractivity contribution < 1.29 is 17.9 Å². The number of hydrogen-bond donors (Lipinski definition) is 2. The Morgan fingerprint density at radius 3 is 2.32 bits per heavy atom. The molecule has 6 nitrogen and oxygen atoms in total. The molecule has 1 amide bonds. The normalized spacial score (nSPS) is 12.3. The zero-order valence-electron chi connectivity index (χ0n) is 14.0. The van der Waals surface area contributed by atoms with Gasteiger partial charge in [0.1, 0.15) is 5.75 Å². The second-order valence-electron chi connectivity index (χ2n) is 5.54. The van der Waals surface area contributed by atoms with Crippen molar-refractivity contribution in [1.29, 1.82) is 0 Å². The number of methoxy groups -OCH3 is 1. The number of hydrogen-bond acceptors (Lipinski definition) is 4. The van der Waals surface area contributed by atoms with Gasteiger partial charge in [-0.15, -0.1) is 0 Å². The van der Waals surface area contributed by atoms with Crippen LogP contribution in [0, 0.1) is 0 Å². The molecule has 0 aliphatic carbocycles. The SMILES string of the molecule is COc1ccc(C(C)NC(=O)c2ccc(NS(C)(=O)=O)c(Cl)c2)cc1. The van der Waals surface area contributed by atoms with Crippen molar-refractivity contribution in [3.05, 3.63) is 58.6 Å². The summed E-state index contributed by atoms with van der Waals surface area (Å²) < 4.78 is 29.9. The Hall–Kier alpha value is -2.25. The summed E-state index contributed by atoms with van der Waals surface area (Å²) >= 11 is 6.05. The van der Waals surface area contributed by atoms with E-state index in [0.29, 0.717) is 5.56 Å². The van der Waals surface area contributed by atoms with E-state index in [1.165, 1.54) is 18.2 Å². The molecule has 0 aromatic heterocycles. The van der Waals surface area contributed by atoms with Gasteiger partial charge in [0, 0.05) is 5.56 Å². The smallest absolute Gasteiger partial charge is 0.251 e. The number of amides is 1. The van der Waals surface area contributed by atoms with Crippen molar-refractivity contribution in [1.82, 2.24) is 5.32 Å². The van der Waals surface area contributed by atoms with E-state index >= 15 is 0 Å². The van der Waals surface area contributed by atoms with Crippen LogP contribution >= 0.6 is 11.6 Å². The Balaban J connectivity index is 2.10. The first kappa shape index (κ1) is 19.1. The molecule has 2 aromatic carbocycles. The quantitative estimate of drug-likeness (QED) is 0.803. The van der Waals surface area contributed by atoms with E-state index in [1.807, 2.05) is 31.2 Å². The summed E-state index contributed by atoms with van der Waals surface area (Å²) in [5, 5.41) is 3.02. The molecule has 0 saturated heterocycles. The Morgan fingerprint density at radius 2 is 1.80 bits per heavy atom. The van der Waals surface area contributed by atoms with Gasteiger partial charge >= 0.3 is 0 Å². The van der Waals surface area contributed by atoms with Crippen LogP contribution in [0.5, 0.6) is 5.75 Å². The van der Waals surface area contributed by atoms with Crippen molar-refractivity contribution in [2.45, 2.75) is 13.0 Å². The average Bonchev–Trinajstić information content (AvgIpc) is 2.55. The highest BCUT2D eigenvalue weighted by Gasteiger charge is 2.14. The highest BCUT2D eigenvalue weighted by Crippen LogP contribution is 2.24. The molecule has 0 aliphatic heterocycles. The van der Waals surface area contributed by atoms with Crippen LogP contribution in [0.1, 0.15) is 28.9 Å². The van der Waals surface area contributed by atoms with Gasteiger partial charge in [0.15, 0.2) is 0 Å². The highest BCUT2D eigenvalue weighted by molar-refractivity contribution is 7.92. The van der Waals surface area contributed by atoms with E-state index in [9.17, 15) is 13.2 Å². The van der Waals surface area contributed by atoms with Crippen LogP contribution in [-0.4, -0.2) is 27.7 Å². The van der Waals surface area contributed by atoms with Crippen LogP contribution in [0.25, 0.3) is 0 Å². The van der Waals surface area contributed by atoms with Gasteiger partial charge in [-0.25, -0.2) is 8.42 Å². The summed E-state index contributed by atoms with van der Waals surface area (Å²) in [7, 11) is -1.85. The average molecular weight is 383 g/mol. The molecular formula is C17H19ClN2O4S. The maximum atomic E-state index is 12.4. The summed E-state index contributed by atoms with van der Waals surface area (Å²) in [6, 6.07) is 11.6. The van der Waals surface area contributed by atoms with Crippen molar-refractivity contribution in [3.8, 4) is 5.75 Å². The molecule has 134 valence electrons. The monoisotopic (exact) mass is 382 g/mol. The van der Waals surface area contributed by atoms with Crippen LogP contribution in [0.3, 0.4) is 0 Å². The number of ether oxygens (including phenoxy) is 1. The molecule has 1 unspecified atom stereocenters. The predicted molar refractivity (Wildman–Crippen MR) is 98.8 cm³/mol. The number of benzene rings is 2. The van der Waals surface area contributed by atoms with E-state index in [2.05, 4.69) is 10.0 Å². The van der Waals surface area contributed by atoms with Crippen molar-refractivity contribution in [2.24, 2.45) is 0 Å². The largest absolute Gasteiger partial charge is 0.497 e. The molecule has 1 atom stereocenters. The second kappa shape index (κ2) is 7.76. The van der Waals surface area contributed by atoms with Gasteiger partial charge in [0.2, 0.25) is 10.0 Å². The third kappa shape index (κ3) is 5.37. The van der Waals surface area contributed by atoms with Gasteiger partial charge in [-0.3, -0.25) is 9.52 Å². The minimum Gasteiger partial charge on any atom is -0.497 e. The zero-order valence-corrected chi connectivity index (χ0v) is 15.6. The molecule has 0 saturated carbocycles. The highest BCUT2D eigenvalue weighted by atomic mass is 35.5. The second-order valence-corrected chi connectivity index (χ2v) is 7.69.